The van der Waals surface area contributed by atoms with E-state index >= 15 is 0 Å². The van der Waals surface area contributed by atoms with Gasteiger partial charge in [0.15, 0.2) is 5.65 Å². The van der Waals surface area contributed by atoms with Crippen LogP contribution in [0, 0.1) is 4.64 Å². The average Bonchev–Trinajstić information content (AvgIpc) is 2.41. The molecule has 0 bridgehead atoms. The first-order valence-corrected chi connectivity index (χ1v) is 6.92. The minimum Gasteiger partial charge on any atom is -0.323 e. The fraction of sp³-hybridized carbons (Fsp3) is 0.429. The zero-order valence-electron chi connectivity index (χ0n) is 10.9. The van der Waals surface area contributed by atoms with Gasteiger partial charge in [0.25, 0.3) is 0 Å². The molecule has 0 atom stereocenters. The molecule has 0 unspecified atom stereocenters. The third-order valence-electron chi connectivity index (χ3n) is 3.02. The van der Waals surface area contributed by atoms with Crippen molar-refractivity contribution in [1.29, 1.82) is 0 Å². The molecule has 3 nitrogen and oxygen atoms in total. The van der Waals surface area contributed by atoms with Gasteiger partial charge in [0.1, 0.15) is 4.64 Å². The van der Waals surface area contributed by atoms with Crippen LogP contribution in [-0.2, 0) is 6.42 Å². The standard InChI is InChI=1S/C14H19N3S/c1-3-5-9-16-17-13-12(7-6-8-15-13)10-11(4-2)14(17)18/h6-8,10,16H,3-5,9H2,1-2H3. The van der Waals surface area contributed by atoms with Gasteiger partial charge < -0.3 is 5.43 Å². The van der Waals surface area contributed by atoms with Crippen molar-refractivity contribution in [2.45, 2.75) is 33.1 Å². The van der Waals surface area contributed by atoms with Crippen molar-refractivity contribution in [2.75, 3.05) is 12.0 Å². The molecule has 0 aliphatic heterocycles. The van der Waals surface area contributed by atoms with Crippen molar-refractivity contribution in [3.63, 3.8) is 0 Å². The Hall–Kier alpha value is -1.42. The van der Waals surface area contributed by atoms with Gasteiger partial charge in [0.05, 0.1) is 0 Å². The van der Waals surface area contributed by atoms with Crippen molar-refractivity contribution in [2.24, 2.45) is 0 Å². The number of pyridine rings is 2. The molecule has 0 saturated heterocycles. The molecule has 0 radical (unpaired) electrons. The van der Waals surface area contributed by atoms with Gasteiger partial charge in [-0.3, -0.25) is 0 Å². The SMILES string of the molecule is CCCCNn1c(=S)c(CC)cc2cccnc21. The van der Waals surface area contributed by atoms with E-state index in [1.54, 1.807) is 6.20 Å². The number of nitrogens with zero attached hydrogens (tertiary/aromatic N) is 2. The molecule has 0 amide bonds. The monoisotopic (exact) mass is 261 g/mol. The molecule has 0 spiro atoms. The van der Waals surface area contributed by atoms with E-state index in [4.69, 9.17) is 12.2 Å². The van der Waals surface area contributed by atoms with Crippen LogP contribution in [0.4, 0.5) is 0 Å². The van der Waals surface area contributed by atoms with E-state index in [0.29, 0.717) is 0 Å². The molecule has 18 heavy (non-hydrogen) atoms. The van der Waals surface area contributed by atoms with Gasteiger partial charge in [0, 0.05) is 18.1 Å². The Kier molecular flexibility index (Phi) is 4.31. The predicted molar refractivity (Wildman–Crippen MR) is 79.1 cm³/mol. The minimum atomic E-state index is 0.847. The molecule has 0 saturated carbocycles. The molecule has 1 N–H and O–H groups in total. The van der Waals surface area contributed by atoms with Crippen LogP contribution in [0.5, 0.6) is 0 Å². The molecule has 0 aliphatic carbocycles. The number of hydrogen-bond donors (Lipinski definition) is 1. The van der Waals surface area contributed by atoms with Gasteiger partial charge >= 0.3 is 0 Å². The Bertz CT molecular complexity index is 589. The summed E-state index contributed by atoms with van der Waals surface area (Å²) in [5, 5.41) is 1.13. The number of aromatic nitrogens is 2. The molecule has 2 rings (SSSR count). The Labute approximate surface area is 113 Å². The molecule has 0 aliphatic rings. The number of nitrogens with one attached hydrogen (secondary N) is 1. The fourth-order valence-corrected chi connectivity index (χ4v) is 2.32. The van der Waals surface area contributed by atoms with Gasteiger partial charge in [-0.1, -0.05) is 32.5 Å². The predicted octanol–water partition coefficient (Wildman–Crippen LogP) is 3.67. The molecular formula is C14H19N3S. The minimum absolute atomic E-state index is 0.847. The van der Waals surface area contributed by atoms with E-state index in [9.17, 15) is 0 Å². The lowest BCUT2D eigenvalue weighted by atomic mass is 10.2. The van der Waals surface area contributed by atoms with Crippen molar-refractivity contribution in [3.8, 4) is 0 Å². The quantitative estimate of drug-likeness (QED) is 0.658. The third-order valence-corrected chi connectivity index (χ3v) is 3.46. The summed E-state index contributed by atoms with van der Waals surface area (Å²) in [5.41, 5.74) is 5.48. The molecule has 4 heteroatoms. The Morgan fingerprint density at radius 1 is 1.39 bits per heavy atom. The number of rotatable bonds is 5. The van der Waals surface area contributed by atoms with Gasteiger partial charge in [-0.05, 0) is 36.6 Å². The van der Waals surface area contributed by atoms with Crippen LogP contribution in [0.15, 0.2) is 24.4 Å². The number of hydrogen-bond acceptors (Lipinski definition) is 3. The molecule has 96 valence electrons. The lowest BCUT2D eigenvalue weighted by Gasteiger charge is -2.15. The second kappa shape index (κ2) is 5.96. The van der Waals surface area contributed by atoms with Crippen LogP contribution in [-0.4, -0.2) is 16.2 Å². The van der Waals surface area contributed by atoms with Crippen molar-refractivity contribution < 1.29 is 0 Å². The summed E-state index contributed by atoms with van der Waals surface area (Å²) in [6.45, 7) is 5.23. The Morgan fingerprint density at radius 2 is 2.22 bits per heavy atom. The highest BCUT2D eigenvalue weighted by Crippen LogP contribution is 2.15. The molecule has 0 aromatic carbocycles. The summed E-state index contributed by atoms with van der Waals surface area (Å²) in [6.07, 6.45) is 5.05. The smallest absolute Gasteiger partial charge is 0.159 e. The number of unbranched alkanes of at least 4 members (excludes halogenated alkanes) is 1. The highest BCUT2D eigenvalue weighted by molar-refractivity contribution is 7.71. The van der Waals surface area contributed by atoms with Crippen LogP contribution in [0.1, 0.15) is 32.3 Å². The highest BCUT2D eigenvalue weighted by Gasteiger charge is 2.05. The van der Waals surface area contributed by atoms with Gasteiger partial charge in [-0.25, -0.2) is 9.66 Å². The van der Waals surface area contributed by atoms with Gasteiger partial charge in [-0.15, -0.1) is 0 Å². The summed E-state index contributed by atoms with van der Waals surface area (Å²) < 4.78 is 2.80. The topological polar surface area (TPSA) is 29.9 Å². The second-order valence-corrected chi connectivity index (χ2v) is 4.73. The Balaban J connectivity index is 2.52. The average molecular weight is 261 g/mol. The molecule has 2 heterocycles. The zero-order chi connectivity index (χ0) is 13.0. The second-order valence-electron chi connectivity index (χ2n) is 4.34. The third kappa shape index (κ3) is 2.53. The van der Waals surface area contributed by atoms with Crippen LogP contribution in [0.25, 0.3) is 11.0 Å². The van der Waals surface area contributed by atoms with Gasteiger partial charge in [0.2, 0.25) is 0 Å². The van der Waals surface area contributed by atoms with E-state index in [1.807, 2.05) is 10.7 Å². The molecular weight excluding hydrogens is 242 g/mol. The van der Waals surface area contributed by atoms with E-state index < -0.39 is 0 Å². The lowest BCUT2D eigenvalue weighted by molar-refractivity contribution is 0.750. The first-order chi connectivity index (χ1) is 8.77. The van der Waals surface area contributed by atoms with Gasteiger partial charge in [-0.2, -0.15) is 0 Å². The van der Waals surface area contributed by atoms with E-state index in [2.05, 4.69) is 36.4 Å². The zero-order valence-corrected chi connectivity index (χ0v) is 11.8. The van der Waals surface area contributed by atoms with Crippen molar-refractivity contribution in [1.82, 2.24) is 9.66 Å². The number of fused-ring (bicyclic) bond motifs is 1. The lowest BCUT2D eigenvalue weighted by Crippen LogP contribution is -2.19. The summed E-state index contributed by atoms with van der Waals surface area (Å²) in [6, 6.07) is 6.18. The van der Waals surface area contributed by atoms with E-state index in [-0.39, 0.29) is 0 Å². The summed E-state index contributed by atoms with van der Waals surface area (Å²) in [4.78, 5) is 4.43. The van der Waals surface area contributed by atoms with Crippen LogP contribution in [0.3, 0.4) is 0 Å². The largest absolute Gasteiger partial charge is 0.323 e. The summed E-state index contributed by atoms with van der Waals surface area (Å²) in [5.74, 6) is 0. The summed E-state index contributed by atoms with van der Waals surface area (Å²) >= 11 is 5.53. The van der Waals surface area contributed by atoms with Crippen LogP contribution in [0.2, 0.25) is 0 Å². The Morgan fingerprint density at radius 3 is 2.94 bits per heavy atom. The maximum absolute atomic E-state index is 5.53. The summed E-state index contributed by atoms with van der Waals surface area (Å²) in [7, 11) is 0. The van der Waals surface area contributed by atoms with Crippen LogP contribution < -0.4 is 5.43 Å². The van der Waals surface area contributed by atoms with Crippen molar-refractivity contribution in [3.05, 3.63) is 34.6 Å². The normalized spacial score (nSPS) is 10.8. The first kappa shape index (κ1) is 13.0. The molecule has 0 fully saturated rings. The van der Waals surface area contributed by atoms with Crippen LogP contribution >= 0.6 is 12.2 Å². The van der Waals surface area contributed by atoms with E-state index in [0.717, 1.165) is 35.1 Å². The fourth-order valence-electron chi connectivity index (χ4n) is 1.97. The maximum atomic E-state index is 5.53. The van der Waals surface area contributed by atoms with Crippen molar-refractivity contribution >= 4 is 23.3 Å². The maximum Gasteiger partial charge on any atom is 0.159 e. The molecule has 2 aromatic heterocycles. The molecule has 2 aromatic rings. The first-order valence-electron chi connectivity index (χ1n) is 6.51. The van der Waals surface area contributed by atoms with E-state index in [1.165, 1.54) is 12.0 Å². The highest BCUT2D eigenvalue weighted by atomic mass is 32.1. The number of aryl methyl sites for hydroxylation is 1.